The molecule has 3 nitrogen and oxygen atoms in total. The minimum atomic E-state index is -0.382. The highest BCUT2D eigenvalue weighted by atomic mass is 35.5. The lowest BCUT2D eigenvalue weighted by Gasteiger charge is -2.23. The Morgan fingerprint density at radius 3 is 2.90 bits per heavy atom. The first kappa shape index (κ1) is 14.8. The third-order valence-corrected chi connectivity index (χ3v) is 3.56. The molecule has 1 amide bonds. The summed E-state index contributed by atoms with van der Waals surface area (Å²) in [7, 11) is 0. The summed E-state index contributed by atoms with van der Waals surface area (Å²) in [5.41, 5.74) is 0.367. The second kappa shape index (κ2) is 6.74. The van der Waals surface area contributed by atoms with Gasteiger partial charge in [-0.05, 0) is 25.0 Å². The average Bonchev–Trinajstić information content (AvgIpc) is 3.23. The lowest BCUT2D eigenvalue weighted by molar-refractivity contribution is -0.131. The van der Waals surface area contributed by atoms with Crippen molar-refractivity contribution in [1.29, 1.82) is 0 Å². The molecule has 0 aromatic heterocycles. The van der Waals surface area contributed by atoms with Crippen LogP contribution in [0.2, 0.25) is 5.02 Å². The number of hydrogen-bond acceptors (Lipinski definition) is 2. The van der Waals surface area contributed by atoms with E-state index in [2.05, 4.69) is 11.2 Å². The van der Waals surface area contributed by atoms with Gasteiger partial charge in [0.05, 0.1) is 19.6 Å². The fourth-order valence-electron chi connectivity index (χ4n) is 2.00. The molecule has 1 aliphatic carbocycles. The molecule has 0 radical (unpaired) electrons. The largest absolute Gasteiger partial charge is 0.334 e. The van der Waals surface area contributed by atoms with Gasteiger partial charge in [-0.3, -0.25) is 10.1 Å². The number of benzene rings is 1. The van der Waals surface area contributed by atoms with Gasteiger partial charge in [-0.1, -0.05) is 23.6 Å². The molecule has 1 saturated carbocycles. The molecule has 1 aliphatic rings. The van der Waals surface area contributed by atoms with E-state index in [4.69, 9.17) is 18.0 Å². The fraction of sp³-hybridized carbons (Fsp3) is 0.400. The number of amides is 1. The molecular weight excluding hydrogens is 279 g/mol. The maximum atomic E-state index is 13.8. The number of carbonyl (C=O) groups excluding carboxylic acids is 1. The van der Waals surface area contributed by atoms with Crippen molar-refractivity contribution >= 4 is 17.5 Å². The van der Waals surface area contributed by atoms with Gasteiger partial charge in [0, 0.05) is 16.6 Å². The van der Waals surface area contributed by atoms with Gasteiger partial charge in [0.15, 0.2) is 0 Å². The number of nitrogens with zero attached hydrogens (tertiary/aromatic N) is 1. The molecule has 1 aromatic carbocycles. The Balaban J connectivity index is 2.06. The molecule has 0 unspecified atom stereocenters. The first-order valence-electron chi connectivity index (χ1n) is 6.50. The molecule has 0 atom stereocenters. The van der Waals surface area contributed by atoms with Gasteiger partial charge >= 0.3 is 0 Å². The molecule has 0 bridgehead atoms. The van der Waals surface area contributed by atoms with E-state index in [0.29, 0.717) is 17.1 Å². The van der Waals surface area contributed by atoms with E-state index in [-0.39, 0.29) is 30.9 Å². The van der Waals surface area contributed by atoms with E-state index in [9.17, 15) is 9.18 Å². The zero-order valence-electron chi connectivity index (χ0n) is 11.0. The van der Waals surface area contributed by atoms with Gasteiger partial charge in [-0.25, -0.2) is 4.39 Å². The maximum Gasteiger partial charge on any atom is 0.237 e. The van der Waals surface area contributed by atoms with Crippen molar-refractivity contribution < 1.29 is 9.18 Å². The summed E-state index contributed by atoms with van der Waals surface area (Å²) in [5, 5.41) is 3.21. The molecule has 20 heavy (non-hydrogen) atoms. The molecular formula is C15H16ClFN2O. The van der Waals surface area contributed by atoms with Gasteiger partial charge in [-0.15, -0.1) is 6.42 Å². The van der Waals surface area contributed by atoms with Crippen molar-refractivity contribution in [1.82, 2.24) is 10.2 Å². The lowest BCUT2D eigenvalue weighted by Crippen LogP contribution is -2.39. The van der Waals surface area contributed by atoms with Crippen LogP contribution in [0.3, 0.4) is 0 Å². The summed E-state index contributed by atoms with van der Waals surface area (Å²) in [6.45, 7) is 0.699. The van der Waals surface area contributed by atoms with Crippen LogP contribution in [-0.2, 0) is 11.3 Å². The van der Waals surface area contributed by atoms with Crippen molar-refractivity contribution in [2.75, 3.05) is 13.1 Å². The third kappa shape index (κ3) is 3.72. The van der Waals surface area contributed by atoms with E-state index in [0.717, 1.165) is 12.8 Å². The Bertz CT molecular complexity index is 517. The summed E-state index contributed by atoms with van der Waals surface area (Å²) < 4.78 is 13.8. The van der Waals surface area contributed by atoms with Gasteiger partial charge < -0.3 is 4.90 Å². The smallest absolute Gasteiger partial charge is 0.237 e. The summed E-state index contributed by atoms with van der Waals surface area (Å²) >= 11 is 6.01. The molecule has 106 valence electrons. The molecule has 2 rings (SSSR count). The molecule has 5 heteroatoms. The quantitative estimate of drug-likeness (QED) is 0.644. The molecule has 1 aromatic rings. The second-order valence-electron chi connectivity index (χ2n) is 4.76. The maximum absolute atomic E-state index is 13.8. The molecule has 1 fully saturated rings. The SMILES string of the molecule is C#CCNCC(=O)N(Cc1c(F)cccc1Cl)C1CC1. The monoisotopic (exact) mass is 294 g/mol. The summed E-state index contributed by atoms with van der Waals surface area (Å²) in [4.78, 5) is 13.8. The van der Waals surface area contributed by atoms with Crippen LogP contribution in [0, 0.1) is 18.2 Å². The highest BCUT2D eigenvalue weighted by molar-refractivity contribution is 6.31. The Hall–Kier alpha value is -1.57. The second-order valence-corrected chi connectivity index (χ2v) is 5.17. The van der Waals surface area contributed by atoms with Gasteiger partial charge in [0.25, 0.3) is 0 Å². The number of rotatable bonds is 6. The number of halogens is 2. The highest BCUT2D eigenvalue weighted by Gasteiger charge is 2.33. The van der Waals surface area contributed by atoms with E-state index in [1.165, 1.54) is 6.07 Å². The third-order valence-electron chi connectivity index (χ3n) is 3.20. The van der Waals surface area contributed by atoms with Crippen molar-refractivity contribution in [2.45, 2.75) is 25.4 Å². The first-order valence-corrected chi connectivity index (χ1v) is 6.88. The van der Waals surface area contributed by atoms with E-state index in [1.807, 2.05) is 0 Å². The van der Waals surface area contributed by atoms with Crippen LogP contribution in [0.4, 0.5) is 4.39 Å². The van der Waals surface area contributed by atoms with Crippen molar-refractivity contribution in [3.63, 3.8) is 0 Å². The Morgan fingerprint density at radius 2 is 2.30 bits per heavy atom. The molecule has 0 spiro atoms. The van der Waals surface area contributed by atoms with Crippen LogP contribution >= 0.6 is 11.6 Å². The topological polar surface area (TPSA) is 32.3 Å². The highest BCUT2D eigenvalue weighted by Crippen LogP contribution is 2.30. The summed E-state index contributed by atoms with van der Waals surface area (Å²) in [5.74, 6) is 1.95. The molecule has 0 aliphatic heterocycles. The number of carbonyl (C=O) groups is 1. The average molecular weight is 295 g/mol. The van der Waals surface area contributed by atoms with Crippen LogP contribution in [0.25, 0.3) is 0 Å². The van der Waals surface area contributed by atoms with Gasteiger partial charge in [-0.2, -0.15) is 0 Å². The van der Waals surface area contributed by atoms with E-state index >= 15 is 0 Å². The fourth-order valence-corrected chi connectivity index (χ4v) is 2.23. The number of terminal acetylenes is 1. The number of hydrogen-bond donors (Lipinski definition) is 1. The Kier molecular flexibility index (Phi) is 4.99. The molecule has 1 N–H and O–H groups in total. The van der Waals surface area contributed by atoms with Crippen LogP contribution in [0.1, 0.15) is 18.4 Å². The first-order chi connectivity index (χ1) is 9.63. The Labute approximate surface area is 123 Å². The predicted molar refractivity (Wildman–Crippen MR) is 76.7 cm³/mol. The summed E-state index contributed by atoms with van der Waals surface area (Å²) in [6, 6.07) is 4.73. The normalized spacial score (nSPS) is 13.8. The van der Waals surface area contributed by atoms with Crippen LogP contribution in [-0.4, -0.2) is 29.9 Å². The Morgan fingerprint density at radius 1 is 1.55 bits per heavy atom. The van der Waals surface area contributed by atoms with E-state index in [1.54, 1.807) is 17.0 Å². The molecule has 0 saturated heterocycles. The minimum Gasteiger partial charge on any atom is -0.334 e. The van der Waals surface area contributed by atoms with E-state index < -0.39 is 0 Å². The van der Waals surface area contributed by atoms with Crippen LogP contribution in [0.15, 0.2) is 18.2 Å². The molecule has 0 heterocycles. The van der Waals surface area contributed by atoms with Gasteiger partial charge in [0.2, 0.25) is 5.91 Å². The van der Waals surface area contributed by atoms with Crippen LogP contribution in [0.5, 0.6) is 0 Å². The summed E-state index contributed by atoms with van der Waals surface area (Å²) in [6.07, 6.45) is 7.02. The van der Waals surface area contributed by atoms with Crippen molar-refractivity contribution in [2.24, 2.45) is 0 Å². The van der Waals surface area contributed by atoms with Crippen LogP contribution < -0.4 is 5.32 Å². The van der Waals surface area contributed by atoms with Crippen molar-refractivity contribution in [3.8, 4) is 12.3 Å². The van der Waals surface area contributed by atoms with Crippen molar-refractivity contribution in [3.05, 3.63) is 34.6 Å². The predicted octanol–water partition coefficient (Wildman–Crippen LogP) is 2.19. The number of nitrogens with one attached hydrogen (secondary N) is 1. The standard InChI is InChI=1S/C15H16ClFN2O/c1-2-8-18-9-15(20)19(11-6-7-11)10-12-13(16)4-3-5-14(12)17/h1,3-5,11,18H,6-10H2. The zero-order chi connectivity index (χ0) is 14.5. The lowest BCUT2D eigenvalue weighted by atomic mass is 10.2. The van der Waals surface area contributed by atoms with Gasteiger partial charge in [0.1, 0.15) is 5.82 Å². The zero-order valence-corrected chi connectivity index (χ0v) is 11.8. The minimum absolute atomic E-state index is 0.0814.